The summed E-state index contributed by atoms with van der Waals surface area (Å²) < 4.78 is 0. The summed E-state index contributed by atoms with van der Waals surface area (Å²) in [5.74, 6) is 1.28. The maximum atomic E-state index is 12.8. The Kier molecular flexibility index (Phi) is 5.00. The maximum Gasteiger partial charge on any atom is 0.226 e. The molecule has 0 bridgehead atoms. The monoisotopic (exact) mass is 265 g/mol. The Morgan fingerprint density at radius 2 is 1.84 bits per heavy atom. The van der Waals surface area contributed by atoms with Crippen molar-refractivity contribution in [1.29, 1.82) is 0 Å². The van der Waals surface area contributed by atoms with Crippen LogP contribution in [0.15, 0.2) is 0 Å². The smallest absolute Gasteiger partial charge is 0.226 e. The molecule has 1 aliphatic heterocycles. The van der Waals surface area contributed by atoms with Gasteiger partial charge in [-0.2, -0.15) is 0 Å². The minimum atomic E-state index is 0.167. The summed E-state index contributed by atoms with van der Waals surface area (Å²) in [7, 11) is 0. The minimum absolute atomic E-state index is 0.167. The van der Waals surface area contributed by atoms with E-state index in [2.05, 4.69) is 11.8 Å². The van der Waals surface area contributed by atoms with E-state index in [0.29, 0.717) is 18.2 Å². The highest BCUT2D eigenvalue weighted by Gasteiger charge is 2.36. The molecule has 2 fully saturated rings. The lowest BCUT2D eigenvalue weighted by molar-refractivity contribution is -0.139. The quantitative estimate of drug-likeness (QED) is 0.786. The molecule has 0 radical (unpaired) electrons. The molecule has 2 rings (SSSR count). The average Bonchev–Trinajstić information content (AvgIpc) is 2.64. The molecule has 3 atom stereocenters. The first-order chi connectivity index (χ1) is 9.09. The van der Waals surface area contributed by atoms with Crippen LogP contribution in [-0.2, 0) is 9.59 Å². The van der Waals surface area contributed by atoms with E-state index in [1.54, 1.807) is 6.92 Å². The van der Waals surface area contributed by atoms with Crippen LogP contribution in [-0.4, -0.2) is 29.2 Å². The van der Waals surface area contributed by atoms with Crippen molar-refractivity contribution in [3.63, 3.8) is 0 Å². The van der Waals surface area contributed by atoms with Gasteiger partial charge < -0.3 is 4.90 Å². The van der Waals surface area contributed by atoms with Gasteiger partial charge in [0.25, 0.3) is 0 Å². The first-order valence-electron chi connectivity index (χ1n) is 7.89. The lowest BCUT2D eigenvalue weighted by atomic mass is 9.95. The van der Waals surface area contributed by atoms with Gasteiger partial charge in [0.1, 0.15) is 5.78 Å². The molecule has 0 N–H and O–H groups in total. The lowest BCUT2D eigenvalue weighted by Gasteiger charge is -2.33. The molecule has 1 heterocycles. The van der Waals surface area contributed by atoms with Gasteiger partial charge in [-0.15, -0.1) is 0 Å². The number of Topliss-reactive ketones (excluding diaryl/α,β-unsaturated/α-hetero) is 1. The van der Waals surface area contributed by atoms with Crippen molar-refractivity contribution >= 4 is 11.7 Å². The van der Waals surface area contributed by atoms with Gasteiger partial charge in [-0.25, -0.2) is 0 Å². The predicted molar refractivity (Wildman–Crippen MR) is 75.8 cm³/mol. The number of carbonyl (C=O) groups is 2. The number of amides is 1. The van der Waals surface area contributed by atoms with Crippen LogP contribution in [0, 0.1) is 11.8 Å². The zero-order valence-corrected chi connectivity index (χ0v) is 12.4. The second-order valence-corrected chi connectivity index (χ2v) is 6.46. The maximum absolute atomic E-state index is 12.8. The van der Waals surface area contributed by atoms with E-state index in [1.807, 2.05) is 0 Å². The third kappa shape index (κ3) is 3.58. The van der Waals surface area contributed by atoms with E-state index < -0.39 is 0 Å². The fourth-order valence-corrected chi connectivity index (χ4v) is 3.74. The summed E-state index contributed by atoms with van der Waals surface area (Å²) in [6, 6.07) is 0.167. The summed E-state index contributed by atoms with van der Waals surface area (Å²) in [5, 5.41) is 0. The molecular formula is C16H27NO2. The molecule has 1 aliphatic carbocycles. The Hall–Kier alpha value is -0.860. The Bertz CT molecular complexity index is 340. The summed E-state index contributed by atoms with van der Waals surface area (Å²) in [5.41, 5.74) is 0. The Morgan fingerprint density at radius 1 is 1.05 bits per heavy atom. The number of rotatable bonds is 3. The van der Waals surface area contributed by atoms with Crippen molar-refractivity contribution in [2.45, 2.75) is 71.3 Å². The molecule has 0 aromatic heterocycles. The number of ketones is 1. The number of carbonyl (C=O) groups excluding carboxylic acids is 2. The van der Waals surface area contributed by atoms with Crippen molar-refractivity contribution in [2.75, 3.05) is 6.54 Å². The second kappa shape index (κ2) is 6.53. The fraction of sp³-hybridized carbons (Fsp3) is 0.875. The largest absolute Gasteiger partial charge is 0.339 e. The molecule has 1 amide bonds. The molecule has 3 nitrogen and oxygen atoms in total. The molecule has 0 aromatic rings. The van der Waals surface area contributed by atoms with Gasteiger partial charge in [-0.3, -0.25) is 9.59 Å². The van der Waals surface area contributed by atoms with Crippen molar-refractivity contribution < 1.29 is 9.59 Å². The third-order valence-corrected chi connectivity index (χ3v) is 4.86. The van der Waals surface area contributed by atoms with Gasteiger partial charge >= 0.3 is 0 Å². The molecule has 0 spiro atoms. The highest BCUT2D eigenvalue weighted by molar-refractivity contribution is 5.81. The molecule has 19 heavy (non-hydrogen) atoms. The van der Waals surface area contributed by atoms with Crippen LogP contribution in [0.2, 0.25) is 0 Å². The third-order valence-electron chi connectivity index (χ3n) is 4.86. The van der Waals surface area contributed by atoms with Gasteiger partial charge in [0, 0.05) is 24.9 Å². The van der Waals surface area contributed by atoms with Crippen LogP contribution in [0.5, 0.6) is 0 Å². The molecule has 1 saturated heterocycles. The number of likely N-dealkylation sites (tertiary alicyclic amines) is 1. The van der Waals surface area contributed by atoms with Crippen molar-refractivity contribution in [3.05, 3.63) is 0 Å². The van der Waals surface area contributed by atoms with E-state index in [-0.39, 0.29) is 17.7 Å². The minimum Gasteiger partial charge on any atom is -0.339 e. The first kappa shape index (κ1) is 14.5. The van der Waals surface area contributed by atoms with Gasteiger partial charge in [0.15, 0.2) is 0 Å². The highest BCUT2D eigenvalue weighted by Crippen LogP contribution is 2.34. The van der Waals surface area contributed by atoms with Gasteiger partial charge in [0.2, 0.25) is 5.91 Å². The lowest BCUT2D eigenvalue weighted by Crippen LogP contribution is -2.44. The highest BCUT2D eigenvalue weighted by atomic mass is 16.2. The number of nitrogens with zero attached hydrogens (tertiary/aromatic N) is 1. The van der Waals surface area contributed by atoms with Gasteiger partial charge in [0.05, 0.1) is 0 Å². The fourth-order valence-electron chi connectivity index (χ4n) is 3.74. The molecule has 108 valence electrons. The second-order valence-electron chi connectivity index (χ2n) is 6.46. The zero-order valence-electron chi connectivity index (χ0n) is 12.4. The number of hydrogen-bond acceptors (Lipinski definition) is 2. The van der Waals surface area contributed by atoms with Crippen LogP contribution in [0.25, 0.3) is 0 Å². The molecular weight excluding hydrogens is 238 g/mol. The topological polar surface area (TPSA) is 37.4 Å². The summed E-state index contributed by atoms with van der Waals surface area (Å²) in [6.07, 6.45) is 8.41. The zero-order chi connectivity index (χ0) is 13.8. The van der Waals surface area contributed by atoms with Crippen LogP contribution < -0.4 is 0 Å². The van der Waals surface area contributed by atoms with Crippen LogP contribution in [0.1, 0.15) is 65.2 Å². The Balaban J connectivity index is 2.07. The normalized spacial score (nSPS) is 32.1. The van der Waals surface area contributed by atoms with E-state index in [1.165, 1.54) is 19.3 Å². The molecule has 2 aliphatic rings. The SMILES string of the molecule is CC(=O)CC1CCCCCN1C(=O)C1CCCC1C. The standard InChI is InChI=1S/C16H27NO2/c1-12-7-6-9-15(12)16(19)17-10-5-3-4-8-14(17)11-13(2)18/h12,14-15H,3-11H2,1-2H3. The van der Waals surface area contributed by atoms with E-state index >= 15 is 0 Å². The number of hydrogen-bond donors (Lipinski definition) is 0. The van der Waals surface area contributed by atoms with Gasteiger partial charge in [-0.1, -0.05) is 26.2 Å². The van der Waals surface area contributed by atoms with Crippen molar-refractivity contribution in [2.24, 2.45) is 11.8 Å². The molecule has 0 aromatic carbocycles. The Labute approximate surface area is 116 Å². The van der Waals surface area contributed by atoms with E-state index in [0.717, 1.165) is 32.2 Å². The van der Waals surface area contributed by atoms with E-state index in [9.17, 15) is 9.59 Å². The Morgan fingerprint density at radius 3 is 2.47 bits per heavy atom. The summed E-state index contributed by atoms with van der Waals surface area (Å²) in [6.45, 7) is 4.71. The van der Waals surface area contributed by atoms with Crippen LogP contribution in [0.3, 0.4) is 0 Å². The van der Waals surface area contributed by atoms with E-state index in [4.69, 9.17) is 0 Å². The van der Waals surface area contributed by atoms with Crippen molar-refractivity contribution in [1.82, 2.24) is 4.90 Å². The van der Waals surface area contributed by atoms with Crippen molar-refractivity contribution in [3.8, 4) is 0 Å². The molecule has 1 saturated carbocycles. The van der Waals surface area contributed by atoms with Crippen LogP contribution in [0.4, 0.5) is 0 Å². The molecule has 3 heteroatoms. The predicted octanol–water partition coefficient (Wildman–Crippen LogP) is 3.17. The first-order valence-corrected chi connectivity index (χ1v) is 7.89. The molecule has 3 unspecified atom stereocenters. The van der Waals surface area contributed by atoms with Crippen LogP contribution >= 0.6 is 0 Å². The van der Waals surface area contributed by atoms with Gasteiger partial charge in [-0.05, 0) is 38.5 Å². The summed E-state index contributed by atoms with van der Waals surface area (Å²) >= 11 is 0. The summed E-state index contributed by atoms with van der Waals surface area (Å²) in [4.78, 5) is 26.3. The average molecular weight is 265 g/mol.